The molecule has 0 unspecified atom stereocenters. The van der Waals surface area contributed by atoms with E-state index in [1.165, 1.54) is 4.80 Å². The summed E-state index contributed by atoms with van der Waals surface area (Å²) in [5.74, 6) is -3.49. The molecule has 5 rings (SSSR count). The molecule has 2 heterocycles. The van der Waals surface area contributed by atoms with Crippen LogP contribution in [0.15, 0.2) is 30.3 Å². The van der Waals surface area contributed by atoms with Crippen LogP contribution in [-0.4, -0.2) is 57.0 Å². The molecule has 1 aliphatic carbocycles. The van der Waals surface area contributed by atoms with Crippen molar-refractivity contribution in [2.24, 2.45) is 7.05 Å². The number of tetrazole rings is 1. The van der Waals surface area contributed by atoms with Crippen LogP contribution in [-0.2, 0) is 27.8 Å². The van der Waals surface area contributed by atoms with Crippen LogP contribution in [0.2, 0.25) is 5.02 Å². The predicted molar refractivity (Wildman–Crippen MR) is 122 cm³/mol. The lowest BCUT2D eigenvalue weighted by Gasteiger charge is -2.41. The second-order valence-corrected chi connectivity index (χ2v) is 9.35. The number of alkyl halides is 3. The van der Waals surface area contributed by atoms with Crippen molar-refractivity contribution in [1.29, 1.82) is 0 Å². The molecule has 0 spiro atoms. The number of benzene rings is 2. The number of amides is 2. The number of carbonyl (C=O) groups excluding carboxylic acids is 2. The number of aromatic nitrogens is 4. The van der Waals surface area contributed by atoms with E-state index in [-0.39, 0.29) is 29.6 Å². The molecule has 1 saturated heterocycles. The highest BCUT2D eigenvalue weighted by Crippen LogP contribution is 2.39. The zero-order chi connectivity index (χ0) is 26.5. The summed E-state index contributed by atoms with van der Waals surface area (Å²) in [6, 6.07) is 7.58. The maximum atomic E-state index is 14.9. The standard InChI is InChI=1S/C23H19ClF4N6O3/c1-34-32-19(31-33-34)18-15(7-13(24)8-16(18)25)12-2-4-14-11(6-12)3-5-17(14)29-20(35)22(9-37-10-22)30-21(36)23(26,27)28/h2,4,6-8,17H,3,5,9-10H2,1H3,(H,29,35)(H,30,36)/t17-/m0/s1. The van der Waals surface area contributed by atoms with Crippen LogP contribution in [0, 0.1) is 5.82 Å². The second-order valence-electron chi connectivity index (χ2n) is 8.92. The number of rotatable bonds is 5. The second kappa shape index (κ2) is 9.06. The number of nitrogens with zero attached hydrogens (tertiary/aromatic N) is 4. The van der Waals surface area contributed by atoms with Crippen LogP contribution in [0.5, 0.6) is 0 Å². The lowest BCUT2D eigenvalue weighted by molar-refractivity contribution is -0.184. The van der Waals surface area contributed by atoms with Crippen molar-refractivity contribution >= 4 is 23.4 Å². The summed E-state index contributed by atoms with van der Waals surface area (Å²) in [4.78, 5) is 25.5. The van der Waals surface area contributed by atoms with Gasteiger partial charge in [-0.2, -0.15) is 18.0 Å². The third-order valence-corrected chi connectivity index (χ3v) is 6.58. The first-order chi connectivity index (χ1) is 17.5. The third-order valence-electron chi connectivity index (χ3n) is 6.37. The first-order valence-electron chi connectivity index (χ1n) is 11.1. The van der Waals surface area contributed by atoms with Crippen molar-refractivity contribution in [3.8, 4) is 22.5 Å². The van der Waals surface area contributed by atoms with E-state index in [0.717, 1.165) is 17.2 Å². The van der Waals surface area contributed by atoms with Crippen molar-refractivity contribution < 1.29 is 31.9 Å². The van der Waals surface area contributed by atoms with Crippen molar-refractivity contribution in [1.82, 2.24) is 30.8 Å². The van der Waals surface area contributed by atoms with Gasteiger partial charge in [0.15, 0.2) is 5.54 Å². The number of halogens is 5. The lowest BCUT2D eigenvalue weighted by atomic mass is 9.94. The zero-order valence-corrected chi connectivity index (χ0v) is 20.0. The number of fused-ring (bicyclic) bond motifs is 1. The monoisotopic (exact) mass is 538 g/mol. The van der Waals surface area contributed by atoms with Gasteiger partial charge in [0.25, 0.3) is 5.91 Å². The largest absolute Gasteiger partial charge is 0.471 e. The van der Waals surface area contributed by atoms with Gasteiger partial charge in [0.05, 0.1) is 31.9 Å². The van der Waals surface area contributed by atoms with Crippen molar-refractivity contribution in [2.45, 2.75) is 30.6 Å². The van der Waals surface area contributed by atoms with E-state index < -0.39 is 35.4 Å². The summed E-state index contributed by atoms with van der Waals surface area (Å²) in [6.45, 7) is -0.725. The van der Waals surface area contributed by atoms with Crippen LogP contribution >= 0.6 is 11.6 Å². The summed E-state index contributed by atoms with van der Waals surface area (Å²) in [5, 5.41) is 16.5. The van der Waals surface area contributed by atoms with Crippen molar-refractivity contribution in [3.63, 3.8) is 0 Å². The summed E-state index contributed by atoms with van der Waals surface area (Å²) < 4.78 is 58.1. The van der Waals surface area contributed by atoms with Gasteiger partial charge in [0, 0.05) is 5.02 Å². The summed E-state index contributed by atoms with van der Waals surface area (Å²) >= 11 is 6.13. The Hall–Kier alpha value is -3.58. The Morgan fingerprint density at radius 1 is 1.22 bits per heavy atom. The van der Waals surface area contributed by atoms with E-state index in [1.807, 2.05) is 6.07 Å². The molecule has 1 aliphatic heterocycles. The number of hydrogen-bond acceptors (Lipinski definition) is 6. The van der Waals surface area contributed by atoms with Gasteiger partial charge in [0.2, 0.25) is 5.82 Å². The van der Waals surface area contributed by atoms with Gasteiger partial charge >= 0.3 is 12.1 Å². The fourth-order valence-corrected chi connectivity index (χ4v) is 4.70. The Balaban J connectivity index is 1.41. The number of hydrogen-bond donors (Lipinski definition) is 2. The van der Waals surface area contributed by atoms with Crippen molar-refractivity contribution in [2.75, 3.05) is 13.2 Å². The van der Waals surface area contributed by atoms with Crippen LogP contribution in [0.25, 0.3) is 22.5 Å². The number of carbonyl (C=O) groups is 2. The van der Waals surface area contributed by atoms with E-state index in [0.29, 0.717) is 24.0 Å². The molecule has 194 valence electrons. The Bertz CT molecular complexity index is 1410. The third kappa shape index (κ3) is 4.64. The molecule has 2 aliphatic rings. The molecule has 2 amide bonds. The van der Waals surface area contributed by atoms with E-state index >= 15 is 0 Å². The van der Waals surface area contributed by atoms with Gasteiger partial charge in [-0.15, -0.1) is 10.2 Å². The minimum atomic E-state index is -5.13. The van der Waals surface area contributed by atoms with Crippen molar-refractivity contribution in [3.05, 3.63) is 52.3 Å². The molecule has 14 heteroatoms. The molecule has 0 bridgehead atoms. The van der Waals surface area contributed by atoms with Gasteiger partial charge < -0.3 is 15.4 Å². The Morgan fingerprint density at radius 3 is 2.59 bits per heavy atom. The van der Waals surface area contributed by atoms with Crippen LogP contribution in [0.4, 0.5) is 17.6 Å². The number of ether oxygens (including phenoxy) is 1. The number of aryl methyl sites for hydroxylation is 2. The molecule has 1 fully saturated rings. The Morgan fingerprint density at radius 2 is 1.97 bits per heavy atom. The molecule has 3 aromatic rings. The van der Waals surface area contributed by atoms with Gasteiger partial charge in [-0.05, 0) is 52.4 Å². The smallest absolute Gasteiger partial charge is 0.375 e. The van der Waals surface area contributed by atoms with E-state index in [1.54, 1.807) is 30.6 Å². The van der Waals surface area contributed by atoms with Crippen LogP contribution < -0.4 is 10.6 Å². The van der Waals surface area contributed by atoms with Gasteiger partial charge in [-0.3, -0.25) is 9.59 Å². The molecule has 9 nitrogen and oxygen atoms in total. The molecular weight excluding hydrogens is 520 g/mol. The molecule has 1 atom stereocenters. The van der Waals surface area contributed by atoms with Gasteiger partial charge in [-0.1, -0.05) is 29.8 Å². The highest BCUT2D eigenvalue weighted by molar-refractivity contribution is 6.31. The molecule has 0 radical (unpaired) electrons. The lowest BCUT2D eigenvalue weighted by Crippen LogP contribution is -2.71. The molecule has 1 aromatic heterocycles. The van der Waals surface area contributed by atoms with Crippen LogP contribution in [0.1, 0.15) is 23.6 Å². The fraction of sp³-hybridized carbons (Fsp3) is 0.348. The van der Waals surface area contributed by atoms with Gasteiger partial charge in [-0.25, -0.2) is 4.39 Å². The topological polar surface area (TPSA) is 111 Å². The molecule has 37 heavy (non-hydrogen) atoms. The highest BCUT2D eigenvalue weighted by atomic mass is 35.5. The quantitative estimate of drug-likeness (QED) is 0.483. The summed E-state index contributed by atoms with van der Waals surface area (Å²) in [7, 11) is 1.56. The summed E-state index contributed by atoms with van der Waals surface area (Å²) in [5.41, 5.74) is 1.06. The maximum absolute atomic E-state index is 14.9. The normalized spacial score (nSPS) is 18.2. The summed E-state index contributed by atoms with van der Waals surface area (Å²) in [6.07, 6.45) is -4.09. The average molecular weight is 539 g/mol. The van der Waals surface area contributed by atoms with E-state index in [4.69, 9.17) is 16.3 Å². The fourth-order valence-electron chi connectivity index (χ4n) is 4.50. The van der Waals surface area contributed by atoms with Crippen LogP contribution in [0.3, 0.4) is 0 Å². The van der Waals surface area contributed by atoms with E-state index in [2.05, 4.69) is 20.7 Å². The Kier molecular flexibility index (Phi) is 6.15. The predicted octanol–water partition coefficient (Wildman–Crippen LogP) is 2.89. The molecular formula is C23H19ClF4N6O3. The SMILES string of the molecule is Cn1nnc(-c2c(F)cc(Cl)cc2-c2ccc3c(c2)CC[C@@H]3NC(=O)C2(NC(=O)C(F)(F)F)COC2)n1. The van der Waals surface area contributed by atoms with E-state index in [9.17, 15) is 27.2 Å². The Labute approximate surface area is 212 Å². The minimum absolute atomic E-state index is 0.0891. The molecule has 0 saturated carbocycles. The highest BCUT2D eigenvalue weighted by Gasteiger charge is 2.52. The maximum Gasteiger partial charge on any atom is 0.471 e. The first-order valence-corrected chi connectivity index (χ1v) is 11.5. The molecule has 2 N–H and O–H groups in total. The minimum Gasteiger partial charge on any atom is -0.375 e. The number of nitrogens with one attached hydrogen (secondary N) is 2. The zero-order valence-electron chi connectivity index (χ0n) is 19.2. The first kappa shape index (κ1) is 25.1. The van der Waals surface area contributed by atoms with Gasteiger partial charge in [0.1, 0.15) is 5.82 Å². The molecule has 2 aromatic carbocycles. The average Bonchev–Trinajstić information content (AvgIpc) is 3.40.